The van der Waals surface area contributed by atoms with Gasteiger partial charge >= 0.3 is 0 Å². The summed E-state index contributed by atoms with van der Waals surface area (Å²) < 4.78 is 10.4. The van der Waals surface area contributed by atoms with Crippen molar-refractivity contribution < 1.29 is 19.1 Å². The van der Waals surface area contributed by atoms with E-state index in [2.05, 4.69) is 20.6 Å². The smallest absolute Gasteiger partial charge is 0.270 e. The van der Waals surface area contributed by atoms with E-state index in [1.165, 1.54) is 32.5 Å². The van der Waals surface area contributed by atoms with Crippen molar-refractivity contribution in [1.29, 1.82) is 0 Å². The van der Waals surface area contributed by atoms with Crippen molar-refractivity contribution in [3.63, 3.8) is 0 Å². The van der Waals surface area contributed by atoms with Crippen molar-refractivity contribution in [1.82, 2.24) is 15.3 Å². The van der Waals surface area contributed by atoms with Crippen LogP contribution in [-0.2, 0) is 6.54 Å². The Morgan fingerprint density at radius 3 is 2.52 bits per heavy atom. The van der Waals surface area contributed by atoms with Gasteiger partial charge in [0, 0.05) is 42.5 Å². The molecule has 0 aliphatic rings. The molecule has 0 saturated carbocycles. The van der Waals surface area contributed by atoms with Gasteiger partial charge in [-0.1, -0.05) is 6.07 Å². The van der Waals surface area contributed by atoms with Crippen molar-refractivity contribution in [3.8, 4) is 11.5 Å². The van der Waals surface area contributed by atoms with Gasteiger partial charge in [-0.2, -0.15) is 0 Å². The highest BCUT2D eigenvalue weighted by molar-refractivity contribution is 6.05. The van der Waals surface area contributed by atoms with E-state index < -0.39 is 0 Å². The van der Waals surface area contributed by atoms with Gasteiger partial charge in [-0.05, 0) is 35.9 Å². The van der Waals surface area contributed by atoms with E-state index >= 15 is 0 Å². The van der Waals surface area contributed by atoms with Crippen LogP contribution in [0.4, 0.5) is 5.69 Å². The molecule has 0 fully saturated rings. The number of carbonyl (C=O) groups excluding carboxylic acids is 2. The van der Waals surface area contributed by atoms with Crippen LogP contribution < -0.4 is 20.1 Å². The maximum absolute atomic E-state index is 12.6. The zero-order chi connectivity index (χ0) is 20.6. The first-order valence-electron chi connectivity index (χ1n) is 8.77. The quantitative estimate of drug-likeness (QED) is 0.641. The van der Waals surface area contributed by atoms with Gasteiger partial charge in [0.2, 0.25) is 0 Å². The SMILES string of the molecule is COc1ccc(NC(=O)c2ccnc(C(=O)NCc3cccnc3)c2)cc1OC. The second-order valence-corrected chi connectivity index (χ2v) is 6.00. The van der Waals surface area contributed by atoms with Gasteiger partial charge < -0.3 is 20.1 Å². The van der Waals surface area contributed by atoms with E-state index in [1.54, 1.807) is 36.7 Å². The fraction of sp³-hybridized carbons (Fsp3) is 0.143. The topological polar surface area (TPSA) is 102 Å². The lowest BCUT2D eigenvalue weighted by Gasteiger charge is -2.11. The Morgan fingerprint density at radius 2 is 1.79 bits per heavy atom. The lowest BCUT2D eigenvalue weighted by molar-refractivity contribution is 0.0946. The summed E-state index contributed by atoms with van der Waals surface area (Å²) >= 11 is 0. The molecule has 0 saturated heterocycles. The number of nitrogens with one attached hydrogen (secondary N) is 2. The first-order valence-corrected chi connectivity index (χ1v) is 8.77. The minimum atomic E-state index is -0.380. The second-order valence-electron chi connectivity index (χ2n) is 6.00. The summed E-state index contributed by atoms with van der Waals surface area (Å²) in [6.45, 7) is 0.316. The average Bonchev–Trinajstić information content (AvgIpc) is 2.78. The molecule has 3 aromatic rings. The van der Waals surface area contributed by atoms with Crippen molar-refractivity contribution in [2.75, 3.05) is 19.5 Å². The molecular formula is C21H20N4O4. The van der Waals surface area contributed by atoms with E-state index in [1.807, 2.05) is 6.07 Å². The van der Waals surface area contributed by atoms with Crippen LogP contribution in [0.5, 0.6) is 11.5 Å². The fourth-order valence-electron chi connectivity index (χ4n) is 2.59. The molecule has 2 N–H and O–H groups in total. The summed E-state index contributed by atoms with van der Waals surface area (Å²) in [5.41, 5.74) is 1.85. The maximum atomic E-state index is 12.6. The molecule has 148 valence electrons. The third-order valence-electron chi connectivity index (χ3n) is 4.07. The number of anilines is 1. The molecule has 0 atom stereocenters. The number of hydrogen-bond donors (Lipinski definition) is 2. The Bertz CT molecular complexity index is 1010. The van der Waals surface area contributed by atoms with Crippen LogP contribution in [-0.4, -0.2) is 36.0 Å². The minimum Gasteiger partial charge on any atom is -0.493 e. The number of ether oxygens (including phenoxy) is 2. The van der Waals surface area contributed by atoms with E-state index in [0.29, 0.717) is 29.3 Å². The highest BCUT2D eigenvalue weighted by atomic mass is 16.5. The largest absolute Gasteiger partial charge is 0.493 e. The van der Waals surface area contributed by atoms with E-state index in [0.717, 1.165) is 5.56 Å². The lowest BCUT2D eigenvalue weighted by Crippen LogP contribution is -2.24. The van der Waals surface area contributed by atoms with Crippen LogP contribution in [0.15, 0.2) is 61.1 Å². The molecule has 0 aliphatic carbocycles. The molecule has 29 heavy (non-hydrogen) atoms. The van der Waals surface area contributed by atoms with Crippen LogP contribution in [0.25, 0.3) is 0 Å². The molecule has 0 spiro atoms. The molecule has 8 nitrogen and oxygen atoms in total. The molecule has 1 aromatic carbocycles. The molecule has 8 heteroatoms. The Hall–Kier alpha value is -3.94. The van der Waals surface area contributed by atoms with Gasteiger partial charge in [0.25, 0.3) is 11.8 Å². The van der Waals surface area contributed by atoms with E-state index in [4.69, 9.17) is 9.47 Å². The summed E-state index contributed by atoms with van der Waals surface area (Å²) in [6.07, 6.45) is 4.75. The Kier molecular flexibility index (Phi) is 6.36. The average molecular weight is 392 g/mol. The van der Waals surface area contributed by atoms with Crippen LogP contribution in [0, 0.1) is 0 Å². The summed E-state index contributed by atoms with van der Waals surface area (Å²) in [4.78, 5) is 33.0. The highest BCUT2D eigenvalue weighted by Crippen LogP contribution is 2.29. The van der Waals surface area contributed by atoms with Crippen molar-refractivity contribution >= 4 is 17.5 Å². The number of benzene rings is 1. The third-order valence-corrected chi connectivity index (χ3v) is 4.07. The highest BCUT2D eigenvalue weighted by Gasteiger charge is 2.13. The molecule has 0 aliphatic heterocycles. The van der Waals surface area contributed by atoms with Gasteiger partial charge in [0.1, 0.15) is 5.69 Å². The summed E-state index contributed by atoms with van der Waals surface area (Å²) in [6, 6.07) is 11.7. The Labute approximate surface area is 167 Å². The number of amides is 2. The van der Waals surface area contributed by atoms with Gasteiger partial charge in [-0.3, -0.25) is 19.6 Å². The van der Waals surface area contributed by atoms with Gasteiger partial charge in [0.05, 0.1) is 14.2 Å². The predicted molar refractivity (Wildman–Crippen MR) is 107 cm³/mol. The molecule has 0 bridgehead atoms. The minimum absolute atomic E-state index is 0.147. The van der Waals surface area contributed by atoms with Crippen LogP contribution in [0.1, 0.15) is 26.4 Å². The normalized spacial score (nSPS) is 10.1. The number of pyridine rings is 2. The first kappa shape index (κ1) is 19.8. The first-order chi connectivity index (χ1) is 14.1. The number of methoxy groups -OCH3 is 2. The summed E-state index contributed by atoms with van der Waals surface area (Å²) in [5.74, 6) is 0.299. The lowest BCUT2D eigenvalue weighted by atomic mass is 10.2. The predicted octanol–water partition coefficient (Wildman–Crippen LogP) is 2.68. The van der Waals surface area contributed by atoms with E-state index in [-0.39, 0.29) is 17.5 Å². The number of hydrogen-bond acceptors (Lipinski definition) is 6. The maximum Gasteiger partial charge on any atom is 0.270 e. The monoisotopic (exact) mass is 392 g/mol. The molecule has 2 aromatic heterocycles. The molecule has 2 heterocycles. The fourth-order valence-corrected chi connectivity index (χ4v) is 2.59. The van der Waals surface area contributed by atoms with Gasteiger partial charge in [0.15, 0.2) is 11.5 Å². The summed E-state index contributed by atoms with van der Waals surface area (Å²) in [7, 11) is 3.05. The zero-order valence-electron chi connectivity index (χ0n) is 16.0. The molecule has 2 amide bonds. The van der Waals surface area contributed by atoms with Gasteiger partial charge in [-0.25, -0.2) is 0 Å². The van der Waals surface area contributed by atoms with Crippen molar-refractivity contribution in [2.24, 2.45) is 0 Å². The number of rotatable bonds is 7. The molecule has 0 radical (unpaired) electrons. The van der Waals surface area contributed by atoms with Crippen LogP contribution in [0.3, 0.4) is 0 Å². The number of carbonyl (C=O) groups is 2. The standard InChI is InChI=1S/C21H20N4O4/c1-28-18-6-5-16(11-19(18)29-2)25-20(26)15-7-9-23-17(10-15)21(27)24-13-14-4-3-8-22-12-14/h3-12H,13H2,1-2H3,(H,24,27)(H,25,26). The molecule has 3 rings (SSSR count). The zero-order valence-corrected chi connectivity index (χ0v) is 16.0. The number of aromatic nitrogens is 2. The van der Waals surface area contributed by atoms with Crippen LogP contribution in [0.2, 0.25) is 0 Å². The second kappa shape index (κ2) is 9.32. The Balaban J connectivity index is 1.68. The molecular weight excluding hydrogens is 372 g/mol. The van der Waals surface area contributed by atoms with Crippen LogP contribution >= 0.6 is 0 Å². The Morgan fingerprint density at radius 1 is 0.966 bits per heavy atom. The summed E-state index contributed by atoms with van der Waals surface area (Å²) in [5, 5.41) is 5.52. The number of nitrogens with zero attached hydrogens (tertiary/aromatic N) is 2. The van der Waals surface area contributed by atoms with Gasteiger partial charge in [-0.15, -0.1) is 0 Å². The molecule has 0 unspecified atom stereocenters. The van der Waals surface area contributed by atoms with Crippen molar-refractivity contribution in [2.45, 2.75) is 6.54 Å². The third kappa shape index (κ3) is 5.07. The van der Waals surface area contributed by atoms with Crippen molar-refractivity contribution in [3.05, 3.63) is 77.9 Å². The van der Waals surface area contributed by atoms with E-state index in [9.17, 15) is 9.59 Å².